The lowest BCUT2D eigenvalue weighted by molar-refractivity contribution is 0.331. The van der Waals surface area contributed by atoms with E-state index in [4.69, 9.17) is 0 Å². The van der Waals surface area contributed by atoms with Crippen molar-refractivity contribution in [2.24, 2.45) is 4.99 Å². The van der Waals surface area contributed by atoms with Crippen LogP contribution in [0.3, 0.4) is 0 Å². The maximum absolute atomic E-state index is 4.61. The molecule has 0 radical (unpaired) electrons. The molecule has 1 aliphatic rings. The summed E-state index contributed by atoms with van der Waals surface area (Å²) in [6.07, 6.45) is 8.33. The van der Waals surface area contributed by atoms with Crippen LogP contribution >= 0.6 is 0 Å². The molecule has 7 nitrogen and oxygen atoms in total. The van der Waals surface area contributed by atoms with Crippen molar-refractivity contribution in [3.05, 3.63) is 84.0 Å². The van der Waals surface area contributed by atoms with Crippen molar-refractivity contribution in [2.75, 3.05) is 58.0 Å². The second kappa shape index (κ2) is 12.6. The van der Waals surface area contributed by atoms with Crippen molar-refractivity contribution in [3.8, 4) is 11.1 Å². The van der Waals surface area contributed by atoms with Gasteiger partial charge in [-0.15, -0.1) is 0 Å². The van der Waals surface area contributed by atoms with Crippen molar-refractivity contribution in [3.63, 3.8) is 0 Å². The Labute approximate surface area is 221 Å². The normalized spacial score (nSPS) is 14.2. The molecule has 2 aromatic heterocycles. The highest BCUT2D eigenvalue weighted by atomic mass is 15.1. The Kier molecular flexibility index (Phi) is 9.04. The van der Waals surface area contributed by atoms with Crippen LogP contribution in [0.25, 0.3) is 11.1 Å². The fraction of sp³-hybridized carbons (Fsp3) is 0.367. The van der Waals surface area contributed by atoms with Gasteiger partial charge in [-0.3, -0.25) is 14.9 Å². The number of anilines is 2. The molecule has 0 bridgehead atoms. The SMILES string of the molecule is C=C(Nc1ccc(NCCN(C)C)nc1)C(=NC)c1cc(-c2cncc(CN3CCCC3)c2)ccc1C. The van der Waals surface area contributed by atoms with E-state index in [1.165, 1.54) is 31.5 Å². The first kappa shape index (κ1) is 26.5. The van der Waals surface area contributed by atoms with Gasteiger partial charge >= 0.3 is 0 Å². The highest BCUT2D eigenvalue weighted by Gasteiger charge is 2.15. The van der Waals surface area contributed by atoms with Crippen LogP contribution in [0.2, 0.25) is 0 Å². The molecule has 0 saturated carbocycles. The Hall–Kier alpha value is -3.55. The molecule has 194 valence electrons. The lowest BCUT2D eigenvalue weighted by Gasteiger charge is -2.17. The molecule has 1 aromatic carbocycles. The molecule has 3 heterocycles. The summed E-state index contributed by atoms with van der Waals surface area (Å²) in [6.45, 7) is 11.5. The van der Waals surface area contributed by atoms with E-state index in [0.717, 1.165) is 64.8 Å². The van der Waals surface area contributed by atoms with Crippen LogP contribution in [0, 0.1) is 6.92 Å². The molecule has 0 spiro atoms. The van der Waals surface area contributed by atoms with Crippen molar-refractivity contribution < 1.29 is 0 Å². The molecule has 3 aromatic rings. The second-order valence-electron chi connectivity index (χ2n) is 9.93. The standard InChI is InChI=1S/C30H39N7/c1-22-8-9-25(26-16-24(18-32-19-26)21-37-13-6-7-14-37)17-28(22)30(31-3)23(2)35-27-10-11-29(34-20-27)33-12-15-36(4)5/h8-11,16-20,35H,2,6-7,12-15,21H2,1,3-5H3,(H,33,34). The van der Waals surface area contributed by atoms with Gasteiger partial charge in [-0.05, 0) is 87.9 Å². The van der Waals surface area contributed by atoms with Crippen LogP contribution < -0.4 is 10.6 Å². The quantitative estimate of drug-likeness (QED) is 0.361. The summed E-state index contributed by atoms with van der Waals surface area (Å²) in [4.78, 5) is 18.3. The van der Waals surface area contributed by atoms with Gasteiger partial charge in [-0.25, -0.2) is 4.98 Å². The number of benzene rings is 1. The minimum atomic E-state index is 0.735. The number of likely N-dealkylation sites (tertiary alicyclic amines) is 1. The van der Waals surface area contributed by atoms with Crippen molar-refractivity contribution in [1.82, 2.24) is 19.8 Å². The Morgan fingerprint density at radius 2 is 1.86 bits per heavy atom. The Balaban J connectivity index is 1.47. The summed E-state index contributed by atoms with van der Waals surface area (Å²) >= 11 is 0. The minimum Gasteiger partial charge on any atom is -0.369 e. The first-order chi connectivity index (χ1) is 17.9. The Bertz CT molecular complexity index is 1220. The predicted octanol–water partition coefficient (Wildman–Crippen LogP) is 5.07. The third-order valence-corrected chi connectivity index (χ3v) is 6.66. The molecule has 0 aliphatic carbocycles. The van der Waals surface area contributed by atoms with Gasteiger partial charge in [0.15, 0.2) is 0 Å². The lowest BCUT2D eigenvalue weighted by atomic mass is 9.96. The predicted molar refractivity (Wildman–Crippen MR) is 155 cm³/mol. The molecule has 1 aliphatic heterocycles. The monoisotopic (exact) mass is 497 g/mol. The number of nitrogens with one attached hydrogen (secondary N) is 2. The third-order valence-electron chi connectivity index (χ3n) is 6.66. The Morgan fingerprint density at radius 3 is 2.57 bits per heavy atom. The molecule has 7 heteroatoms. The number of aromatic nitrogens is 2. The topological polar surface area (TPSA) is 68.7 Å². The number of hydrogen-bond donors (Lipinski definition) is 2. The van der Waals surface area contributed by atoms with E-state index in [1.807, 2.05) is 37.8 Å². The van der Waals surface area contributed by atoms with E-state index in [2.05, 4.69) is 87.3 Å². The van der Waals surface area contributed by atoms with Gasteiger partial charge in [0.1, 0.15) is 5.82 Å². The molecule has 1 saturated heterocycles. The van der Waals surface area contributed by atoms with Crippen molar-refractivity contribution in [2.45, 2.75) is 26.3 Å². The van der Waals surface area contributed by atoms with Crippen LogP contribution in [0.4, 0.5) is 11.5 Å². The minimum absolute atomic E-state index is 0.735. The largest absolute Gasteiger partial charge is 0.369 e. The molecular weight excluding hydrogens is 458 g/mol. The molecular formula is C30H39N7. The van der Waals surface area contributed by atoms with Gasteiger partial charge in [0.05, 0.1) is 23.3 Å². The first-order valence-electron chi connectivity index (χ1n) is 13.0. The van der Waals surface area contributed by atoms with E-state index in [1.54, 1.807) is 0 Å². The fourth-order valence-electron chi connectivity index (χ4n) is 4.62. The summed E-state index contributed by atoms with van der Waals surface area (Å²) < 4.78 is 0. The zero-order chi connectivity index (χ0) is 26.2. The average molecular weight is 498 g/mol. The molecule has 4 rings (SSSR count). The smallest absolute Gasteiger partial charge is 0.126 e. The third kappa shape index (κ3) is 7.24. The summed E-state index contributed by atoms with van der Waals surface area (Å²) in [5.41, 5.74) is 8.13. The van der Waals surface area contributed by atoms with Gasteiger partial charge < -0.3 is 15.5 Å². The van der Waals surface area contributed by atoms with E-state index in [9.17, 15) is 0 Å². The number of pyridine rings is 2. The number of allylic oxidation sites excluding steroid dienone is 1. The van der Waals surface area contributed by atoms with Crippen molar-refractivity contribution in [1.29, 1.82) is 0 Å². The fourth-order valence-corrected chi connectivity index (χ4v) is 4.62. The summed E-state index contributed by atoms with van der Waals surface area (Å²) in [5.74, 6) is 0.853. The summed E-state index contributed by atoms with van der Waals surface area (Å²) in [7, 11) is 5.92. The van der Waals surface area contributed by atoms with Gasteiger partial charge in [0.2, 0.25) is 0 Å². The van der Waals surface area contributed by atoms with Crippen LogP contribution in [-0.4, -0.2) is 72.8 Å². The van der Waals surface area contributed by atoms with E-state index in [-0.39, 0.29) is 0 Å². The van der Waals surface area contributed by atoms with Crippen LogP contribution in [0.1, 0.15) is 29.5 Å². The number of rotatable bonds is 11. The maximum Gasteiger partial charge on any atom is 0.126 e. The van der Waals surface area contributed by atoms with Gasteiger partial charge in [0.25, 0.3) is 0 Å². The number of hydrogen-bond acceptors (Lipinski definition) is 7. The molecule has 2 N–H and O–H groups in total. The number of nitrogens with zero attached hydrogens (tertiary/aromatic N) is 5. The highest BCUT2D eigenvalue weighted by Crippen LogP contribution is 2.26. The first-order valence-corrected chi connectivity index (χ1v) is 13.0. The zero-order valence-electron chi connectivity index (χ0n) is 22.6. The van der Waals surface area contributed by atoms with E-state index in [0.29, 0.717) is 0 Å². The summed E-state index contributed by atoms with van der Waals surface area (Å²) in [6, 6.07) is 12.7. The van der Waals surface area contributed by atoms with E-state index < -0.39 is 0 Å². The molecule has 1 fully saturated rings. The van der Waals surface area contributed by atoms with Gasteiger partial charge in [-0.2, -0.15) is 0 Å². The summed E-state index contributed by atoms with van der Waals surface area (Å²) in [5, 5.41) is 6.72. The molecule has 37 heavy (non-hydrogen) atoms. The lowest BCUT2D eigenvalue weighted by Crippen LogP contribution is -2.21. The van der Waals surface area contributed by atoms with Crippen LogP contribution in [0.5, 0.6) is 0 Å². The molecule has 0 amide bonds. The number of aliphatic imine (C=N–C) groups is 1. The Morgan fingerprint density at radius 1 is 1.05 bits per heavy atom. The second-order valence-corrected chi connectivity index (χ2v) is 9.93. The van der Waals surface area contributed by atoms with Crippen LogP contribution in [0.15, 0.2) is 72.3 Å². The van der Waals surface area contributed by atoms with Crippen molar-refractivity contribution >= 4 is 17.2 Å². The maximum atomic E-state index is 4.61. The van der Waals surface area contributed by atoms with Gasteiger partial charge in [0, 0.05) is 50.2 Å². The molecule has 0 unspecified atom stereocenters. The zero-order valence-corrected chi connectivity index (χ0v) is 22.6. The molecule has 0 atom stereocenters. The highest BCUT2D eigenvalue weighted by molar-refractivity contribution is 6.15. The van der Waals surface area contributed by atoms with E-state index >= 15 is 0 Å². The van der Waals surface area contributed by atoms with Gasteiger partial charge in [-0.1, -0.05) is 18.7 Å². The van der Waals surface area contributed by atoms with Crippen LogP contribution in [-0.2, 0) is 6.54 Å². The number of aryl methyl sites for hydroxylation is 1. The average Bonchev–Trinajstić information content (AvgIpc) is 3.39. The number of likely N-dealkylation sites (N-methyl/N-ethyl adjacent to an activating group) is 1.